The molecular formula is C17H25N5. The monoisotopic (exact) mass is 299 g/mol. The summed E-state index contributed by atoms with van der Waals surface area (Å²) in [5.41, 5.74) is 7.79. The van der Waals surface area contributed by atoms with Crippen molar-refractivity contribution < 1.29 is 0 Å². The van der Waals surface area contributed by atoms with Crippen LogP contribution in [0.4, 0.5) is 0 Å². The van der Waals surface area contributed by atoms with Gasteiger partial charge in [-0.2, -0.15) is 5.10 Å². The maximum absolute atomic E-state index is 6.05. The van der Waals surface area contributed by atoms with E-state index in [-0.39, 0.29) is 6.04 Å². The van der Waals surface area contributed by atoms with Crippen molar-refractivity contribution in [3.63, 3.8) is 0 Å². The van der Waals surface area contributed by atoms with Gasteiger partial charge in [-0.15, -0.1) is 0 Å². The van der Waals surface area contributed by atoms with Crippen molar-refractivity contribution in [1.82, 2.24) is 10.0 Å². The first-order valence-electron chi connectivity index (χ1n) is 7.44. The summed E-state index contributed by atoms with van der Waals surface area (Å²) in [7, 11) is 4.10. The second kappa shape index (κ2) is 7.24. The molecule has 0 amide bonds. The molecule has 0 radical (unpaired) electrons. The number of hydrogen-bond donors (Lipinski definition) is 2. The van der Waals surface area contributed by atoms with Gasteiger partial charge in [0.15, 0.2) is 0 Å². The lowest BCUT2D eigenvalue weighted by atomic mass is 9.99. The standard InChI is InChI=1S/C17H25N5/c1-13-4-5-15-11-16(7-6-14(15)10-13)17(8-9-21(2)3)22(19)20-12-18/h4-7,10-12,17H,8-9,19H2,1-3H3,(H2,18,20). The predicted molar refractivity (Wildman–Crippen MR) is 93.3 cm³/mol. The molecule has 0 aliphatic rings. The number of hydrazine groups is 1. The quantitative estimate of drug-likeness (QED) is 0.371. The molecule has 118 valence electrons. The average molecular weight is 299 g/mol. The maximum atomic E-state index is 6.05. The number of nitrogens with zero attached hydrogens (tertiary/aromatic N) is 3. The topological polar surface area (TPSA) is 70.9 Å². The summed E-state index contributed by atoms with van der Waals surface area (Å²) >= 11 is 0. The Bertz CT molecular complexity index is 651. The van der Waals surface area contributed by atoms with Gasteiger partial charge in [-0.25, -0.2) is 11.0 Å². The Labute approximate surface area is 132 Å². The van der Waals surface area contributed by atoms with Crippen LogP contribution in [0.1, 0.15) is 23.6 Å². The fourth-order valence-electron chi connectivity index (χ4n) is 2.58. The highest BCUT2D eigenvalue weighted by atomic mass is 15.6. The van der Waals surface area contributed by atoms with Crippen LogP contribution in [0.2, 0.25) is 0 Å². The summed E-state index contributed by atoms with van der Waals surface area (Å²) in [6.45, 7) is 3.02. The fraction of sp³-hybridized carbons (Fsp3) is 0.353. The Kier molecular flexibility index (Phi) is 5.35. The molecule has 4 N–H and O–H groups in total. The van der Waals surface area contributed by atoms with Gasteiger partial charge < -0.3 is 10.6 Å². The van der Waals surface area contributed by atoms with Crippen molar-refractivity contribution in [2.24, 2.45) is 16.7 Å². The minimum atomic E-state index is -0.00657. The molecular weight excluding hydrogens is 274 g/mol. The molecule has 0 saturated carbocycles. The summed E-state index contributed by atoms with van der Waals surface area (Å²) in [5, 5.41) is 7.91. The Morgan fingerprint density at radius 3 is 2.50 bits per heavy atom. The summed E-state index contributed by atoms with van der Waals surface area (Å²) in [5.74, 6) is 6.05. The van der Waals surface area contributed by atoms with Crippen LogP contribution in [0, 0.1) is 6.92 Å². The molecule has 0 bridgehead atoms. The molecule has 0 fully saturated rings. The zero-order chi connectivity index (χ0) is 16.1. The molecule has 1 atom stereocenters. The van der Waals surface area contributed by atoms with Crippen molar-refractivity contribution in [1.29, 1.82) is 0 Å². The van der Waals surface area contributed by atoms with Crippen LogP contribution in [-0.2, 0) is 0 Å². The molecule has 2 aromatic rings. The fourth-order valence-corrected chi connectivity index (χ4v) is 2.58. The molecule has 22 heavy (non-hydrogen) atoms. The Hall–Kier alpha value is -2.11. The normalized spacial score (nSPS) is 13.1. The second-order valence-corrected chi connectivity index (χ2v) is 5.86. The first kappa shape index (κ1) is 16.3. The van der Waals surface area contributed by atoms with E-state index in [1.165, 1.54) is 27.8 Å². The van der Waals surface area contributed by atoms with Crippen LogP contribution in [0.5, 0.6) is 0 Å². The van der Waals surface area contributed by atoms with Crippen molar-refractivity contribution in [3.8, 4) is 0 Å². The first-order valence-corrected chi connectivity index (χ1v) is 7.44. The highest BCUT2D eigenvalue weighted by Gasteiger charge is 2.17. The number of aryl methyl sites for hydroxylation is 1. The SMILES string of the molecule is Cc1ccc2cc(C(CCN(C)C)N(N)/N=C\N)ccc2c1. The van der Waals surface area contributed by atoms with Gasteiger partial charge in [0.25, 0.3) is 0 Å². The van der Waals surface area contributed by atoms with E-state index in [9.17, 15) is 0 Å². The van der Waals surface area contributed by atoms with Gasteiger partial charge in [-0.3, -0.25) is 0 Å². The molecule has 2 aromatic carbocycles. The zero-order valence-electron chi connectivity index (χ0n) is 13.5. The number of fused-ring (bicyclic) bond motifs is 1. The lowest BCUT2D eigenvalue weighted by Crippen LogP contribution is -2.33. The minimum absolute atomic E-state index is 0.00657. The van der Waals surface area contributed by atoms with Crippen LogP contribution in [0.3, 0.4) is 0 Å². The third-order valence-electron chi connectivity index (χ3n) is 3.77. The van der Waals surface area contributed by atoms with E-state index in [4.69, 9.17) is 11.6 Å². The van der Waals surface area contributed by atoms with Gasteiger partial charge in [0, 0.05) is 0 Å². The molecule has 0 aromatic heterocycles. The Balaban J connectivity index is 2.34. The summed E-state index contributed by atoms with van der Waals surface area (Å²) in [4.78, 5) is 2.14. The first-order chi connectivity index (χ1) is 10.5. The van der Waals surface area contributed by atoms with E-state index in [2.05, 4.69) is 53.3 Å². The van der Waals surface area contributed by atoms with Crippen molar-refractivity contribution in [3.05, 3.63) is 47.5 Å². The van der Waals surface area contributed by atoms with Gasteiger partial charge in [0.1, 0.15) is 6.34 Å². The lowest BCUT2D eigenvalue weighted by molar-refractivity contribution is 0.187. The van der Waals surface area contributed by atoms with Crippen LogP contribution in [0.15, 0.2) is 41.5 Å². The van der Waals surface area contributed by atoms with Gasteiger partial charge in [-0.1, -0.05) is 35.9 Å². The molecule has 0 heterocycles. The molecule has 1 unspecified atom stereocenters. The Morgan fingerprint density at radius 1 is 1.14 bits per heavy atom. The molecule has 0 saturated heterocycles. The Morgan fingerprint density at radius 2 is 1.82 bits per heavy atom. The van der Waals surface area contributed by atoms with E-state index in [0.29, 0.717) is 0 Å². The van der Waals surface area contributed by atoms with E-state index in [0.717, 1.165) is 18.5 Å². The molecule has 0 aliphatic heterocycles. The molecule has 5 heteroatoms. The van der Waals surface area contributed by atoms with E-state index < -0.39 is 0 Å². The number of hydrazone groups is 1. The number of benzene rings is 2. The number of rotatable bonds is 6. The highest BCUT2D eigenvalue weighted by molar-refractivity contribution is 5.83. The van der Waals surface area contributed by atoms with E-state index in [1.807, 2.05) is 14.1 Å². The minimum Gasteiger partial charge on any atom is -0.388 e. The summed E-state index contributed by atoms with van der Waals surface area (Å²) < 4.78 is 0. The third-order valence-corrected chi connectivity index (χ3v) is 3.77. The van der Waals surface area contributed by atoms with E-state index >= 15 is 0 Å². The van der Waals surface area contributed by atoms with Crippen LogP contribution < -0.4 is 11.6 Å². The molecule has 0 spiro atoms. The van der Waals surface area contributed by atoms with Crippen LogP contribution in [0.25, 0.3) is 10.8 Å². The van der Waals surface area contributed by atoms with Gasteiger partial charge in [0.05, 0.1) is 6.04 Å². The van der Waals surface area contributed by atoms with Crippen molar-refractivity contribution in [2.75, 3.05) is 20.6 Å². The lowest BCUT2D eigenvalue weighted by Gasteiger charge is -2.26. The summed E-state index contributed by atoms with van der Waals surface area (Å²) in [6, 6.07) is 12.9. The summed E-state index contributed by atoms with van der Waals surface area (Å²) in [6.07, 6.45) is 2.10. The van der Waals surface area contributed by atoms with Gasteiger partial charge >= 0.3 is 0 Å². The zero-order valence-corrected chi connectivity index (χ0v) is 13.5. The van der Waals surface area contributed by atoms with Crippen molar-refractivity contribution in [2.45, 2.75) is 19.4 Å². The average Bonchev–Trinajstić information content (AvgIpc) is 2.47. The largest absolute Gasteiger partial charge is 0.388 e. The van der Waals surface area contributed by atoms with Gasteiger partial charge in [-0.05, 0) is 56.4 Å². The second-order valence-electron chi connectivity index (χ2n) is 5.86. The molecule has 2 rings (SSSR count). The predicted octanol–water partition coefficient (Wildman–Crippen LogP) is 2.22. The number of hydrogen-bond acceptors (Lipinski definition) is 4. The molecule has 5 nitrogen and oxygen atoms in total. The smallest absolute Gasteiger partial charge is 0.107 e. The maximum Gasteiger partial charge on any atom is 0.107 e. The molecule has 0 aliphatic carbocycles. The third kappa shape index (κ3) is 3.96. The van der Waals surface area contributed by atoms with Crippen LogP contribution >= 0.6 is 0 Å². The highest BCUT2D eigenvalue weighted by Crippen LogP contribution is 2.26. The van der Waals surface area contributed by atoms with Crippen molar-refractivity contribution >= 4 is 17.1 Å². The van der Waals surface area contributed by atoms with Crippen LogP contribution in [-0.4, -0.2) is 37.0 Å². The number of nitrogens with two attached hydrogens (primary N) is 2. The van der Waals surface area contributed by atoms with Gasteiger partial charge in [0.2, 0.25) is 0 Å². The van der Waals surface area contributed by atoms with E-state index in [1.54, 1.807) is 0 Å².